The monoisotopic (exact) mass is 391 g/mol. The molecule has 1 aliphatic rings. The van der Waals surface area contributed by atoms with Gasteiger partial charge in [-0.3, -0.25) is 4.90 Å². The van der Waals surface area contributed by atoms with E-state index in [1.165, 1.54) is 22.5 Å². The molecule has 0 atom stereocenters. The van der Waals surface area contributed by atoms with Crippen molar-refractivity contribution >= 4 is 0 Å². The number of methoxy groups -OCH3 is 1. The van der Waals surface area contributed by atoms with Crippen LogP contribution < -0.4 is 4.74 Å². The molecule has 0 unspecified atom stereocenters. The number of aromatic nitrogens is 4. The van der Waals surface area contributed by atoms with E-state index in [4.69, 9.17) is 9.72 Å². The van der Waals surface area contributed by atoms with Gasteiger partial charge in [0.15, 0.2) is 0 Å². The normalized spacial score (nSPS) is 14.7. The zero-order valence-corrected chi connectivity index (χ0v) is 17.9. The fourth-order valence-electron chi connectivity index (χ4n) is 3.69. The van der Waals surface area contributed by atoms with Crippen LogP contribution in [-0.2, 0) is 24.9 Å². The number of hydrogen-bond acceptors (Lipinski definition) is 5. The van der Waals surface area contributed by atoms with Crippen LogP contribution in [0.2, 0.25) is 0 Å². The molecule has 2 aromatic heterocycles. The summed E-state index contributed by atoms with van der Waals surface area (Å²) in [5, 5.41) is 4.61. The molecule has 0 bridgehead atoms. The molecule has 1 aliphatic heterocycles. The van der Waals surface area contributed by atoms with Crippen LogP contribution in [0.5, 0.6) is 5.75 Å². The van der Waals surface area contributed by atoms with E-state index in [-0.39, 0.29) is 5.41 Å². The third-order valence-electron chi connectivity index (χ3n) is 5.51. The predicted molar refractivity (Wildman–Crippen MR) is 113 cm³/mol. The molecule has 0 amide bonds. The first kappa shape index (κ1) is 19.6. The summed E-state index contributed by atoms with van der Waals surface area (Å²) in [5.74, 6) is 1.78. The quantitative estimate of drug-likeness (QED) is 0.676. The third kappa shape index (κ3) is 4.03. The topological polar surface area (TPSA) is 56.1 Å². The largest absolute Gasteiger partial charge is 0.497 e. The van der Waals surface area contributed by atoms with Gasteiger partial charge in [0.2, 0.25) is 0 Å². The molecule has 3 heterocycles. The lowest BCUT2D eigenvalue weighted by Gasteiger charge is -2.29. The van der Waals surface area contributed by atoms with Gasteiger partial charge in [-0.25, -0.2) is 14.6 Å². The second-order valence-electron chi connectivity index (χ2n) is 8.74. The molecule has 1 aromatic carbocycles. The Balaban J connectivity index is 1.49. The fourth-order valence-corrected chi connectivity index (χ4v) is 3.69. The zero-order chi connectivity index (χ0) is 20.6. The summed E-state index contributed by atoms with van der Waals surface area (Å²) in [6.07, 6.45) is 4.96. The van der Waals surface area contributed by atoms with Crippen molar-refractivity contribution in [2.45, 2.75) is 52.6 Å². The summed E-state index contributed by atoms with van der Waals surface area (Å²) in [6, 6.07) is 7.99. The lowest BCUT2D eigenvalue weighted by molar-refractivity contribution is 0.241. The Labute approximate surface area is 172 Å². The molecule has 152 valence electrons. The summed E-state index contributed by atoms with van der Waals surface area (Å²) in [5.41, 5.74) is 5.88. The van der Waals surface area contributed by atoms with Crippen LogP contribution in [0.4, 0.5) is 0 Å². The van der Waals surface area contributed by atoms with Crippen LogP contribution in [0, 0.1) is 6.92 Å². The lowest BCUT2D eigenvalue weighted by atomic mass is 9.95. The number of nitrogens with zero attached hydrogens (tertiary/aromatic N) is 5. The Bertz CT molecular complexity index is 1000. The summed E-state index contributed by atoms with van der Waals surface area (Å²) < 4.78 is 7.24. The minimum Gasteiger partial charge on any atom is -0.497 e. The van der Waals surface area contributed by atoms with Crippen molar-refractivity contribution in [3.63, 3.8) is 0 Å². The van der Waals surface area contributed by atoms with Crippen LogP contribution in [0.25, 0.3) is 5.69 Å². The van der Waals surface area contributed by atoms with E-state index < -0.39 is 0 Å². The molecule has 0 spiro atoms. The van der Waals surface area contributed by atoms with Gasteiger partial charge >= 0.3 is 0 Å². The van der Waals surface area contributed by atoms with E-state index in [2.05, 4.69) is 42.7 Å². The van der Waals surface area contributed by atoms with Crippen LogP contribution in [-0.4, -0.2) is 38.3 Å². The molecule has 0 saturated heterocycles. The van der Waals surface area contributed by atoms with Gasteiger partial charge in [-0.2, -0.15) is 5.10 Å². The second-order valence-corrected chi connectivity index (χ2v) is 8.74. The van der Waals surface area contributed by atoms with Crippen LogP contribution in [0.3, 0.4) is 0 Å². The van der Waals surface area contributed by atoms with E-state index in [1.807, 2.05) is 41.3 Å². The molecule has 0 N–H and O–H groups in total. The highest BCUT2D eigenvalue weighted by Gasteiger charge is 2.23. The average molecular weight is 392 g/mol. The standard InChI is InChI=1S/C23H29N5O/c1-16-17(13-25-28(16)19-6-8-20(29-5)9-7-19)14-27-11-10-21-18(15-27)12-24-22(26-21)23(2,3)4/h6-9,12-13H,10-11,14-15H2,1-5H3. The van der Waals surface area contributed by atoms with E-state index in [1.54, 1.807) is 7.11 Å². The Hall–Kier alpha value is -2.73. The first-order chi connectivity index (χ1) is 13.8. The van der Waals surface area contributed by atoms with Gasteiger partial charge in [-0.15, -0.1) is 0 Å². The van der Waals surface area contributed by atoms with Crippen molar-refractivity contribution in [1.82, 2.24) is 24.6 Å². The van der Waals surface area contributed by atoms with Crippen molar-refractivity contribution in [1.29, 1.82) is 0 Å². The number of benzene rings is 1. The minimum absolute atomic E-state index is 0.0146. The molecule has 6 heteroatoms. The van der Waals surface area contributed by atoms with Gasteiger partial charge in [0.05, 0.1) is 19.0 Å². The van der Waals surface area contributed by atoms with E-state index >= 15 is 0 Å². The van der Waals surface area contributed by atoms with Crippen molar-refractivity contribution in [2.24, 2.45) is 0 Å². The molecule has 0 fully saturated rings. The van der Waals surface area contributed by atoms with Gasteiger partial charge in [-0.05, 0) is 31.2 Å². The van der Waals surface area contributed by atoms with Crippen LogP contribution in [0.15, 0.2) is 36.7 Å². The predicted octanol–water partition coefficient (Wildman–Crippen LogP) is 3.84. The van der Waals surface area contributed by atoms with E-state index in [0.29, 0.717) is 0 Å². The maximum atomic E-state index is 5.25. The third-order valence-corrected chi connectivity index (χ3v) is 5.51. The van der Waals surface area contributed by atoms with Crippen LogP contribution >= 0.6 is 0 Å². The van der Waals surface area contributed by atoms with Gasteiger partial charge in [-0.1, -0.05) is 20.8 Å². The Kier molecular flexibility index (Phi) is 5.13. The number of rotatable bonds is 4. The maximum Gasteiger partial charge on any atom is 0.133 e. The Morgan fingerprint density at radius 1 is 1.10 bits per heavy atom. The Morgan fingerprint density at radius 2 is 1.86 bits per heavy atom. The average Bonchev–Trinajstić information content (AvgIpc) is 3.07. The van der Waals surface area contributed by atoms with Crippen molar-refractivity contribution < 1.29 is 4.74 Å². The van der Waals surface area contributed by atoms with Gasteiger partial charge in [0.1, 0.15) is 11.6 Å². The number of ether oxygens (including phenoxy) is 1. The summed E-state index contributed by atoms with van der Waals surface area (Å²) in [4.78, 5) is 11.9. The summed E-state index contributed by atoms with van der Waals surface area (Å²) in [7, 11) is 1.68. The molecule has 29 heavy (non-hydrogen) atoms. The van der Waals surface area contributed by atoms with Crippen molar-refractivity contribution in [2.75, 3.05) is 13.7 Å². The molecule has 4 rings (SSSR count). The zero-order valence-electron chi connectivity index (χ0n) is 17.9. The lowest BCUT2D eigenvalue weighted by Crippen LogP contribution is -2.32. The molecule has 6 nitrogen and oxygen atoms in total. The smallest absolute Gasteiger partial charge is 0.133 e. The second kappa shape index (κ2) is 7.59. The van der Waals surface area contributed by atoms with Crippen molar-refractivity contribution in [3.8, 4) is 11.4 Å². The molecule has 0 aliphatic carbocycles. The first-order valence-corrected chi connectivity index (χ1v) is 10.1. The highest BCUT2D eigenvalue weighted by atomic mass is 16.5. The molecular formula is C23H29N5O. The Morgan fingerprint density at radius 3 is 2.55 bits per heavy atom. The highest BCUT2D eigenvalue weighted by Crippen LogP contribution is 2.24. The summed E-state index contributed by atoms with van der Waals surface area (Å²) in [6.45, 7) is 11.4. The van der Waals surface area contributed by atoms with E-state index in [9.17, 15) is 0 Å². The van der Waals surface area contributed by atoms with E-state index in [0.717, 1.165) is 43.3 Å². The fraction of sp³-hybridized carbons (Fsp3) is 0.435. The molecule has 3 aromatic rings. The first-order valence-electron chi connectivity index (χ1n) is 10.1. The number of hydrogen-bond donors (Lipinski definition) is 0. The van der Waals surface area contributed by atoms with Gasteiger partial charge < -0.3 is 4.74 Å². The summed E-state index contributed by atoms with van der Waals surface area (Å²) >= 11 is 0. The molecule has 0 saturated carbocycles. The molecular weight excluding hydrogens is 362 g/mol. The van der Waals surface area contributed by atoms with Crippen molar-refractivity contribution in [3.05, 3.63) is 65.0 Å². The van der Waals surface area contributed by atoms with Gasteiger partial charge in [0, 0.05) is 60.2 Å². The highest BCUT2D eigenvalue weighted by molar-refractivity contribution is 5.39. The maximum absolute atomic E-state index is 5.25. The molecule has 0 radical (unpaired) electrons. The minimum atomic E-state index is -0.0146. The van der Waals surface area contributed by atoms with Crippen LogP contribution in [0.1, 0.15) is 49.1 Å². The number of fused-ring (bicyclic) bond motifs is 1. The van der Waals surface area contributed by atoms with Gasteiger partial charge in [0.25, 0.3) is 0 Å². The SMILES string of the molecule is COc1ccc(-n2ncc(CN3CCc4nc(C(C)(C)C)ncc4C3)c2C)cc1.